The Morgan fingerprint density at radius 2 is 2.10 bits per heavy atom. The molecule has 0 radical (unpaired) electrons. The summed E-state index contributed by atoms with van der Waals surface area (Å²) in [5, 5.41) is 12.5. The highest BCUT2D eigenvalue weighted by molar-refractivity contribution is 7.15. The first kappa shape index (κ1) is 20.1. The number of thiazole rings is 1. The molecule has 5 rings (SSSR count). The summed E-state index contributed by atoms with van der Waals surface area (Å²) in [5.41, 5.74) is 3.70. The fourth-order valence-electron chi connectivity index (χ4n) is 4.12. The van der Waals surface area contributed by atoms with Gasteiger partial charge in [0.15, 0.2) is 0 Å². The molecule has 6 nitrogen and oxygen atoms in total. The number of carboxylic acids is 1. The van der Waals surface area contributed by atoms with Crippen molar-refractivity contribution in [3.8, 4) is 16.3 Å². The lowest BCUT2D eigenvalue weighted by Gasteiger charge is -2.31. The molecule has 0 aliphatic carbocycles. The standard InChI is InChI=1S/C23H20ClN3O3S/c1-30-15-5-2-13(3-6-15)22-26-19-8-9-27(12-20(19)31-22)21(23(28)29)17-11-25-18-7-4-14(24)10-16(17)18/h2-7,10-11,21,25H,8-9,12H2,1H3,(H,28,29)/t21-/m0/s1. The molecule has 1 aliphatic rings. The molecule has 1 atom stereocenters. The lowest BCUT2D eigenvalue weighted by molar-refractivity contribution is -0.144. The summed E-state index contributed by atoms with van der Waals surface area (Å²) >= 11 is 7.80. The molecule has 0 unspecified atom stereocenters. The molecule has 1 aliphatic heterocycles. The van der Waals surface area contributed by atoms with E-state index >= 15 is 0 Å². The third-order valence-corrected chi connectivity index (χ3v) is 7.03. The molecule has 31 heavy (non-hydrogen) atoms. The lowest BCUT2D eigenvalue weighted by atomic mass is 10.0. The number of nitrogens with one attached hydrogen (secondary N) is 1. The predicted octanol–water partition coefficient (Wildman–Crippen LogP) is 5.14. The largest absolute Gasteiger partial charge is 0.497 e. The number of halogens is 1. The van der Waals surface area contributed by atoms with E-state index < -0.39 is 12.0 Å². The van der Waals surface area contributed by atoms with E-state index in [9.17, 15) is 9.90 Å². The van der Waals surface area contributed by atoms with Gasteiger partial charge in [0.05, 0.1) is 12.8 Å². The molecule has 0 fully saturated rings. The van der Waals surface area contributed by atoms with Crippen molar-refractivity contribution in [3.63, 3.8) is 0 Å². The second-order valence-electron chi connectivity index (χ2n) is 7.51. The van der Waals surface area contributed by atoms with Crippen molar-refractivity contribution >= 4 is 39.8 Å². The number of nitrogens with zero attached hydrogens (tertiary/aromatic N) is 2. The molecule has 4 aromatic rings. The van der Waals surface area contributed by atoms with Crippen LogP contribution in [0.1, 0.15) is 22.2 Å². The van der Waals surface area contributed by atoms with E-state index in [1.807, 2.05) is 41.3 Å². The summed E-state index contributed by atoms with van der Waals surface area (Å²) in [5.74, 6) is -0.0661. The molecule has 0 bridgehead atoms. The molecule has 0 saturated heterocycles. The van der Waals surface area contributed by atoms with Crippen LogP contribution in [-0.2, 0) is 17.8 Å². The fourth-order valence-corrected chi connectivity index (χ4v) is 5.43. The maximum atomic E-state index is 12.3. The minimum absolute atomic E-state index is 0.549. The number of carboxylic acid groups (broad SMARTS) is 1. The zero-order valence-electron chi connectivity index (χ0n) is 16.8. The van der Waals surface area contributed by atoms with Crippen molar-refractivity contribution in [2.45, 2.75) is 19.0 Å². The van der Waals surface area contributed by atoms with Crippen molar-refractivity contribution in [1.29, 1.82) is 0 Å². The number of hydrogen-bond acceptors (Lipinski definition) is 5. The molecular weight excluding hydrogens is 434 g/mol. The van der Waals surface area contributed by atoms with Gasteiger partial charge in [-0.3, -0.25) is 9.69 Å². The van der Waals surface area contributed by atoms with Crippen LogP contribution in [0.5, 0.6) is 5.75 Å². The van der Waals surface area contributed by atoms with Gasteiger partial charge < -0.3 is 14.8 Å². The van der Waals surface area contributed by atoms with Gasteiger partial charge in [-0.15, -0.1) is 11.3 Å². The highest BCUT2D eigenvalue weighted by atomic mass is 35.5. The van der Waals surface area contributed by atoms with Crippen LogP contribution in [0.25, 0.3) is 21.5 Å². The second kappa shape index (κ2) is 8.00. The first-order valence-corrected chi connectivity index (χ1v) is 11.1. The highest BCUT2D eigenvalue weighted by Gasteiger charge is 2.33. The van der Waals surface area contributed by atoms with Crippen LogP contribution in [0.15, 0.2) is 48.7 Å². The number of aliphatic carboxylic acids is 1. The van der Waals surface area contributed by atoms with Crippen LogP contribution < -0.4 is 4.74 Å². The summed E-state index contributed by atoms with van der Waals surface area (Å²) in [7, 11) is 1.65. The molecule has 0 spiro atoms. The smallest absolute Gasteiger partial charge is 0.325 e. The predicted molar refractivity (Wildman–Crippen MR) is 122 cm³/mol. The summed E-state index contributed by atoms with van der Waals surface area (Å²) < 4.78 is 5.23. The van der Waals surface area contributed by atoms with E-state index in [-0.39, 0.29) is 0 Å². The van der Waals surface area contributed by atoms with Crippen LogP contribution in [0.2, 0.25) is 5.02 Å². The zero-order valence-corrected chi connectivity index (χ0v) is 18.3. The third-order valence-electron chi connectivity index (χ3n) is 5.67. The van der Waals surface area contributed by atoms with Gasteiger partial charge in [-0.05, 0) is 42.5 Å². The van der Waals surface area contributed by atoms with E-state index in [2.05, 4.69) is 4.98 Å². The zero-order chi connectivity index (χ0) is 21.5. The van der Waals surface area contributed by atoms with Crippen molar-refractivity contribution in [1.82, 2.24) is 14.9 Å². The van der Waals surface area contributed by atoms with E-state index in [1.165, 1.54) is 0 Å². The van der Waals surface area contributed by atoms with Gasteiger partial charge in [0.2, 0.25) is 0 Å². The van der Waals surface area contributed by atoms with Crippen LogP contribution in [0, 0.1) is 0 Å². The van der Waals surface area contributed by atoms with Crippen molar-refractivity contribution in [3.05, 3.63) is 69.8 Å². The first-order chi connectivity index (χ1) is 15.0. The van der Waals surface area contributed by atoms with Gasteiger partial charge in [0, 0.05) is 57.6 Å². The van der Waals surface area contributed by atoms with Gasteiger partial charge in [0.1, 0.15) is 16.8 Å². The molecular formula is C23H20ClN3O3S. The number of ether oxygens (including phenoxy) is 1. The molecule has 3 heterocycles. The van der Waals surface area contributed by atoms with Crippen LogP contribution >= 0.6 is 22.9 Å². The van der Waals surface area contributed by atoms with Gasteiger partial charge in [-0.25, -0.2) is 4.98 Å². The average molecular weight is 454 g/mol. The molecule has 2 N–H and O–H groups in total. The van der Waals surface area contributed by atoms with Crippen LogP contribution in [0.4, 0.5) is 0 Å². The Kier molecular flexibility index (Phi) is 5.17. The van der Waals surface area contributed by atoms with Gasteiger partial charge in [0.25, 0.3) is 0 Å². The van der Waals surface area contributed by atoms with E-state index in [1.54, 1.807) is 30.7 Å². The third kappa shape index (κ3) is 3.69. The van der Waals surface area contributed by atoms with E-state index in [0.29, 0.717) is 18.1 Å². The molecule has 2 aromatic heterocycles. The molecule has 158 valence electrons. The SMILES string of the molecule is COc1ccc(-c2nc3c(s2)CN([C@H](C(=O)O)c2c[nH]c4ccc(Cl)cc24)CC3)cc1. The van der Waals surface area contributed by atoms with E-state index in [0.717, 1.165) is 49.8 Å². The number of aromatic nitrogens is 2. The Morgan fingerprint density at radius 3 is 2.84 bits per heavy atom. The highest BCUT2D eigenvalue weighted by Crippen LogP contribution is 2.37. The Morgan fingerprint density at radius 1 is 1.29 bits per heavy atom. The number of rotatable bonds is 5. The maximum absolute atomic E-state index is 12.3. The summed E-state index contributed by atoms with van der Waals surface area (Å²) in [6, 6.07) is 12.6. The monoisotopic (exact) mass is 453 g/mol. The quantitative estimate of drug-likeness (QED) is 0.437. The second-order valence-corrected chi connectivity index (χ2v) is 9.03. The van der Waals surface area contributed by atoms with Gasteiger partial charge in [-0.2, -0.15) is 0 Å². The number of hydrogen-bond donors (Lipinski definition) is 2. The molecule has 2 aromatic carbocycles. The fraction of sp³-hybridized carbons (Fsp3) is 0.217. The number of fused-ring (bicyclic) bond motifs is 2. The number of H-pyrrole nitrogens is 1. The minimum Gasteiger partial charge on any atom is -0.497 e. The number of methoxy groups -OCH3 is 1. The Bertz CT molecular complexity index is 1270. The Balaban J connectivity index is 1.46. The maximum Gasteiger partial charge on any atom is 0.325 e. The number of benzene rings is 2. The molecule has 0 amide bonds. The van der Waals surface area contributed by atoms with Crippen molar-refractivity contribution < 1.29 is 14.6 Å². The minimum atomic E-state index is -0.871. The molecule has 0 saturated carbocycles. The van der Waals surface area contributed by atoms with Crippen molar-refractivity contribution in [2.24, 2.45) is 0 Å². The summed E-state index contributed by atoms with van der Waals surface area (Å²) in [6.45, 7) is 1.18. The van der Waals surface area contributed by atoms with E-state index in [4.69, 9.17) is 21.3 Å². The summed E-state index contributed by atoms with van der Waals surface area (Å²) in [6.07, 6.45) is 2.50. The van der Waals surface area contributed by atoms with Gasteiger partial charge in [-0.1, -0.05) is 11.6 Å². The number of aromatic amines is 1. The van der Waals surface area contributed by atoms with Crippen LogP contribution in [-0.4, -0.2) is 39.6 Å². The van der Waals surface area contributed by atoms with Crippen LogP contribution in [0.3, 0.4) is 0 Å². The Hall–Kier alpha value is -2.87. The molecule has 8 heteroatoms. The normalized spacial score (nSPS) is 15.0. The summed E-state index contributed by atoms with van der Waals surface area (Å²) in [4.78, 5) is 23.4. The van der Waals surface area contributed by atoms with Crippen molar-refractivity contribution in [2.75, 3.05) is 13.7 Å². The van der Waals surface area contributed by atoms with Gasteiger partial charge >= 0.3 is 5.97 Å². The lowest BCUT2D eigenvalue weighted by Crippen LogP contribution is -2.37. The average Bonchev–Trinajstić information content (AvgIpc) is 3.38. The Labute approximate surface area is 188 Å². The first-order valence-electron chi connectivity index (χ1n) is 9.90. The number of carbonyl (C=O) groups is 1. The topological polar surface area (TPSA) is 78.4 Å².